The third-order valence-corrected chi connectivity index (χ3v) is 3.54. The molecule has 1 unspecified atom stereocenters. The number of nitrogens with one attached hydrogen (secondary N) is 1. The van der Waals surface area contributed by atoms with Gasteiger partial charge in [0.15, 0.2) is 0 Å². The average molecular weight is 290 g/mol. The van der Waals surface area contributed by atoms with Crippen molar-refractivity contribution in [3.63, 3.8) is 0 Å². The molecule has 0 aliphatic carbocycles. The minimum atomic E-state index is 0.0161. The highest BCUT2D eigenvalue weighted by atomic mass is 35.5. The van der Waals surface area contributed by atoms with E-state index in [1.165, 1.54) is 0 Å². The molecule has 20 heavy (non-hydrogen) atoms. The Balaban J connectivity index is 2.47. The topological polar surface area (TPSA) is 50.9 Å². The number of aromatic nitrogens is 1. The van der Waals surface area contributed by atoms with Crippen LogP contribution in [0.15, 0.2) is 36.5 Å². The van der Waals surface area contributed by atoms with Crippen molar-refractivity contribution >= 4 is 17.4 Å². The molecule has 0 aliphatic rings. The van der Waals surface area contributed by atoms with Crippen LogP contribution in [0.25, 0.3) is 0 Å². The van der Waals surface area contributed by atoms with Gasteiger partial charge in [-0.25, -0.2) is 4.98 Å². The number of nitrogens with two attached hydrogens (primary N) is 1. The molecule has 0 spiro atoms. The fourth-order valence-electron chi connectivity index (χ4n) is 2.33. The predicted molar refractivity (Wildman–Crippen MR) is 85.0 cm³/mol. The molecular weight excluding hydrogens is 270 g/mol. The van der Waals surface area contributed by atoms with Gasteiger partial charge in [-0.15, -0.1) is 0 Å². The number of pyridine rings is 1. The Morgan fingerprint density at radius 1 is 1.35 bits per heavy atom. The van der Waals surface area contributed by atoms with Crippen LogP contribution in [0.5, 0.6) is 0 Å². The van der Waals surface area contributed by atoms with E-state index >= 15 is 0 Å². The van der Waals surface area contributed by atoms with Crippen LogP contribution < -0.4 is 11.1 Å². The number of rotatable bonds is 5. The Labute approximate surface area is 125 Å². The monoisotopic (exact) mass is 289 g/mol. The molecule has 3 N–H and O–H groups in total. The fraction of sp³-hybridized carbons (Fsp3) is 0.312. The number of halogens is 1. The maximum atomic E-state index is 6.12. The van der Waals surface area contributed by atoms with Crippen molar-refractivity contribution < 1.29 is 0 Å². The molecule has 0 bridgehead atoms. The highest BCUT2D eigenvalue weighted by Crippen LogP contribution is 2.29. The van der Waals surface area contributed by atoms with Crippen molar-refractivity contribution in [3.8, 4) is 0 Å². The lowest BCUT2D eigenvalue weighted by atomic mass is 9.95. The molecule has 4 heteroatoms. The minimum Gasteiger partial charge on any atom is -0.383 e. The van der Waals surface area contributed by atoms with Crippen molar-refractivity contribution in [2.45, 2.75) is 26.3 Å². The van der Waals surface area contributed by atoms with Gasteiger partial charge in [-0.3, -0.25) is 0 Å². The summed E-state index contributed by atoms with van der Waals surface area (Å²) in [6, 6.07) is 9.87. The van der Waals surface area contributed by atoms with E-state index < -0.39 is 0 Å². The van der Waals surface area contributed by atoms with Gasteiger partial charge in [0.1, 0.15) is 5.82 Å². The Morgan fingerprint density at radius 2 is 2.15 bits per heavy atom. The summed E-state index contributed by atoms with van der Waals surface area (Å²) in [6.07, 6.45) is 2.79. The van der Waals surface area contributed by atoms with E-state index in [0.29, 0.717) is 5.82 Å². The van der Waals surface area contributed by atoms with Crippen LogP contribution >= 0.6 is 11.6 Å². The molecule has 106 valence electrons. The molecule has 0 amide bonds. The smallest absolute Gasteiger partial charge is 0.128 e. The van der Waals surface area contributed by atoms with Crippen LogP contribution in [0.2, 0.25) is 5.02 Å². The molecular formula is C16H20ClN3. The second-order valence-electron chi connectivity index (χ2n) is 4.87. The van der Waals surface area contributed by atoms with Gasteiger partial charge >= 0.3 is 0 Å². The van der Waals surface area contributed by atoms with Gasteiger partial charge in [0.05, 0.1) is 6.04 Å². The van der Waals surface area contributed by atoms with E-state index in [1.807, 2.05) is 24.3 Å². The van der Waals surface area contributed by atoms with Crippen molar-refractivity contribution in [2.75, 3.05) is 12.3 Å². The molecule has 1 heterocycles. The molecule has 0 saturated heterocycles. The maximum Gasteiger partial charge on any atom is 0.128 e. The van der Waals surface area contributed by atoms with Crippen molar-refractivity contribution in [3.05, 3.63) is 58.2 Å². The average Bonchev–Trinajstić information content (AvgIpc) is 2.42. The van der Waals surface area contributed by atoms with Crippen LogP contribution in [-0.2, 0) is 0 Å². The predicted octanol–water partition coefficient (Wildman–Crippen LogP) is 3.71. The zero-order valence-electron chi connectivity index (χ0n) is 11.9. The van der Waals surface area contributed by atoms with Crippen LogP contribution in [-0.4, -0.2) is 11.5 Å². The Bertz CT molecular complexity index is 563. The first-order valence-corrected chi connectivity index (χ1v) is 7.21. The molecule has 2 rings (SSSR count). The summed E-state index contributed by atoms with van der Waals surface area (Å²) in [4.78, 5) is 4.22. The van der Waals surface area contributed by atoms with Crippen LogP contribution in [0.1, 0.15) is 36.1 Å². The number of anilines is 1. The number of benzene rings is 1. The molecule has 1 atom stereocenters. The summed E-state index contributed by atoms with van der Waals surface area (Å²) in [5.74, 6) is 0.568. The van der Waals surface area contributed by atoms with Crippen molar-refractivity contribution in [1.82, 2.24) is 10.3 Å². The van der Waals surface area contributed by atoms with Crippen LogP contribution in [0.3, 0.4) is 0 Å². The number of hydrogen-bond donors (Lipinski definition) is 2. The molecule has 1 aromatic heterocycles. The van der Waals surface area contributed by atoms with E-state index in [4.69, 9.17) is 17.3 Å². The number of nitrogen functional groups attached to an aromatic ring is 1. The van der Waals surface area contributed by atoms with E-state index in [1.54, 1.807) is 6.20 Å². The van der Waals surface area contributed by atoms with E-state index in [9.17, 15) is 0 Å². The summed E-state index contributed by atoms with van der Waals surface area (Å²) in [5, 5.41) is 4.26. The first-order chi connectivity index (χ1) is 9.63. The molecule has 0 saturated carbocycles. The van der Waals surface area contributed by atoms with Gasteiger partial charge in [0.2, 0.25) is 0 Å². The largest absolute Gasteiger partial charge is 0.383 e. The zero-order valence-corrected chi connectivity index (χ0v) is 12.6. The Morgan fingerprint density at radius 3 is 2.80 bits per heavy atom. The van der Waals surface area contributed by atoms with Crippen molar-refractivity contribution in [2.24, 2.45) is 0 Å². The maximum absolute atomic E-state index is 6.12. The molecule has 2 aromatic rings. The highest BCUT2D eigenvalue weighted by Gasteiger charge is 2.19. The quantitative estimate of drug-likeness (QED) is 0.882. The van der Waals surface area contributed by atoms with Crippen molar-refractivity contribution in [1.29, 1.82) is 0 Å². The van der Waals surface area contributed by atoms with Gasteiger partial charge in [-0.05, 0) is 49.2 Å². The second kappa shape index (κ2) is 6.73. The molecule has 0 fully saturated rings. The van der Waals surface area contributed by atoms with Crippen LogP contribution in [0.4, 0.5) is 5.82 Å². The summed E-state index contributed by atoms with van der Waals surface area (Å²) in [5.41, 5.74) is 9.35. The van der Waals surface area contributed by atoms with E-state index in [2.05, 4.69) is 30.2 Å². The van der Waals surface area contributed by atoms with Gasteiger partial charge in [-0.2, -0.15) is 0 Å². The van der Waals surface area contributed by atoms with Gasteiger partial charge in [0.25, 0.3) is 0 Å². The summed E-state index contributed by atoms with van der Waals surface area (Å²) < 4.78 is 0. The fourth-order valence-corrected chi connectivity index (χ4v) is 2.53. The third kappa shape index (κ3) is 3.30. The van der Waals surface area contributed by atoms with Gasteiger partial charge in [0, 0.05) is 16.8 Å². The lowest BCUT2D eigenvalue weighted by molar-refractivity contribution is 0.596. The van der Waals surface area contributed by atoms with Gasteiger partial charge < -0.3 is 11.1 Å². The highest BCUT2D eigenvalue weighted by molar-refractivity contribution is 6.30. The zero-order chi connectivity index (χ0) is 14.5. The first-order valence-electron chi connectivity index (χ1n) is 6.83. The summed E-state index contributed by atoms with van der Waals surface area (Å²) in [7, 11) is 0. The summed E-state index contributed by atoms with van der Waals surface area (Å²) >= 11 is 6.12. The second-order valence-corrected chi connectivity index (χ2v) is 5.31. The molecule has 1 aromatic carbocycles. The lowest BCUT2D eigenvalue weighted by Gasteiger charge is -2.22. The number of aryl methyl sites for hydroxylation is 1. The van der Waals surface area contributed by atoms with E-state index in [0.717, 1.165) is 34.7 Å². The summed E-state index contributed by atoms with van der Waals surface area (Å²) in [6.45, 7) is 5.10. The SMILES string of the molecule is CCCNC(c1cccc(Cl)c1)c1c(C)ccnc1N. The first kappa shape index (κ1) is 14.8. The van der Waals surface area contributed by atoms with E-state index in [-0.39, 0.29) is 6.04 Å². The lowest BCUT2D eigenvalue weighted by Crippen LogP contribution is -2.25. The molecule has 0 radical (unpaired) electrons. The Kier molecular flexibility index (Phi) is 4.99. The standard InChI is InChI=1S/C16H20ClN3/c1-3-8-19-15(12-5-4-6-13(17)10-12)14-11(2)7-9-20-16(14)18/h4-7,9-10,15,19H,3,8H2,1-2H3,(H2,18,20). The minimum absolute atomic E-state index is 0.0161. The van der Waals surface area contributed by atoms with Gasteiger partial charge in [-0.1, -0.05) is 30.7 Å². The number of nitrogens with zero attached hydrogens (tertiary/aromatic N) is 1. The normalized spacial score (nSPS) is 12.3. The third-order valence-electron chi connectivity index (χ3n) is 3.31. The number of hydrogen-bond acceptors (Lipinski definition) is 3. The molecule has 3 nitrogen and oxygen atoms in total. The Hall–Kier alpha value is -1.58. The molecule has 0 aliphatic heterocycles. The van der Waals surface area contributed by atoms with Crippen LogP contribution in [0, 0.1) is 6.92 Å².